The number of rotatable bonds is 3. The lowest BCUT2D eigenvalue weighted by Crippen LogP contribution is -2.48. The van der Waals surface area contributed by atoms with Crippen LogP contribution in [0.4, 0.5) is 11.5 Å². The van der Waals surface area contributed by atoms with Crippen LogP contribution in [0.1, 0.15) is 5.69 Å². The predicted octanol–water partition coefficient (Wildman–Crippen LogP) is 0.0590. The minimum absolute atomic E-state index is 0.111. The molecule has 0 spiro atoms. The SMILES string of the molecule is N#Cc1nc(N2CCOC[C@H]2CO)ccc1[N+](=O)[O-]. The number of aliphatic hydroxyl groups excluding tert-OH is 1. The lowest BCUT2D eigenvalue weighted by Gasteiger charge is -2.35. The fourth-order valence-electron chi connectivity index (χ4n) is 1.94. The number of nitriles is 1. The Kier molecular flexibility index (Phi) is 3.89. The molecule has 1 fully saturated rings. The zero-order valence-electron chi connectivity index (χ0n) is 10.0. The zero-order chi connectivity index (χ0) is 13.8. The molecule has 0 amide bonds. The molecule has 0 saturated carbocycles. The molecule has 100 valence electrons. The fraction of sp³-hybridized carbons (Fsp3) is 0.455. The van der Waals surface area contributed by atoms with E-state index in [2.05, 4.69) is 4.98 Å². The molecule has 1 aromatic rings. The Morgan fingerprint density at radius 2 is 2.47 bits per heavy atom. The van der Waals surface area contributed by atoms with Crippen molar-refractivity contribution in [3.63, 3.8) is 0 Å². The lowest BCUT2D eigenvalue weighted by molar-refractivity contribution is -0.385. The molecular formula is C11H12N4O4. The van der Waals surface area contributed by atoms with E-state index in [9.17, 15) is 15.2 Å². The first-order valence-corrected chi connectivity index (χ1v) is 5.68. The number of nitrogens with zero attached hydrogens (tertiary/aromatic N) is 4. The van der Waals surface area contributed by atoms with Crippen LogP contribution in [0.25, 0.3) is 0 Å². The van der Waals surface area contributed by atoms with Crippen molar-refractivity contribution in [3.8, 4) is 6.07 Å². The largest absolute Gasteiger partial charge is 0.394 e. The summed E-state index contributed by atoms with van der Waals surface area (Å²) >= 11 is 0. The molecule has 0 unspecified atom stereocenters. The highest BCUT2D eigenvalue weighted by Crippen LogP contribution is 2.23. The van der Waals surface area contributed by atoms with E-state index in [0.29, 0.717) is 25.6 Å². The summed E-state index contributed by atoms with van der Waals surface area (Å²) in [5, 5.41) is 28.9. The number of anilines is 1. The standard InChI is InChI=1S/C11H12N4O4/c12-5-9-10(15(17)18)1-2-11(13-9)14-3-4-19-7-8(14)6-16/h1-2,8,16H,3-4,6-7H2/t8-/m1/s1. The second-order valence-corrected chi connectivity index (χ2v) is 4.01. The van der Waals surface area contributed by atoms with Gasteiger partial charge in [0, 0.05) is 12.6 Å². The molecule has 1 saturated heterocycles. The maximum Gasteiger partial charge on any atom is 0.305 e. The van der Waals surface area contributed by atoms with E-state index >= 15 is 0 Å². The quantitative estimate of drug-likeness (QED) is 0.606. The van der Waals surface area contributed by atoms with E-state index in [1.54, 1.807) is 11.0 Å². The van der Waals surface area contributed by atoms with E-state index in [1.807, 2.05) is 0 Å². The third kappa shape index (κ3) is 2.62. The third-order valence-corrected chi connectivity index (χ3v) is 2.89. The van der Waals surface area contributed by atoms with Crippen molar-refractivity contribution in [1.82, 2.24) is 4.98 Å². The first-order valence-electron chi connectivity index (χ1n) is 5.68. The van der Waals surface area contributed by atoms with Gasteiger partial charge in [-0.05, 0) is 6.07 Å². The second-order valence-electron chi connectivity index (χ2n) is 4.01. The summed E-state index contributed by atoms with van der Waals surface area (Å²) in [5.41, 5.74) is -0.550. The van der Waals surface area contributed by atoms with E-state index < -0.39 is 4.92 Å². The predicted molar refractivity (Wildman–Crippen MR) is 64.6 cm³/mol. The van der Waals surface area contributed by atoms with E-state index in [1.165, 1.54) is 12.1 Å². The van der Waals surface area contributed by atoms with Gasteiger partial charge in [-0.25, -0.2) is 4.98 Å². The smallest absolute Gasteiger partial charge is 0.305 e. The van der Waals surface area contributed by atoms with Crippen LogP contribution < -0.4 is 4.90 Å². The molecule has 8 heteroatoms. The van der Waals surface area contributed by atoms with E-state index in [4.69, 9.17) is 10.00 Å². The van der Waals surface area contributed by atoms with Crippen LogP contribution >= 0.6 is 0 Å². The average molecular weight is 264 g/mol. The molecule has 1 aliphatic heterocycles. The summed E-state index contributed by atoms with van der Waals surface area (Å²) in [4.78, 5) is 15.9. The van der Waals surface area contributed by atoms with Gasteiger partial charge < -0.3 is 14.7 Å². The van der Waals surface area contributed by atoms with Crippen LogP contribution in [-0.2, 0) is 4.74 Å². The van der Waals surface area contributed by atoms with Crippen LogP contribution in [0.3, 0.4) is 0 Å². The van der Waals surface area contributed by atoms with Crippen molar-refractivity contribution < 1.29 is 14.8 Å². The van der Waals surface area contributed by atoms with Crippen LogP contribution in [0, 0.1) is 21.4 Å². The number of hydrogen-bond acceptors (Lipinski definition) is 7. The molecule has 0 aromatic carbocycles. The van der Waals surface area contributed by atoms with Gasteiger partial charge in [-0.15, -0.1) is 0 Å². The second kappa shape index (κ2) is 5.60. The van der Waals surface area contributed by atoms with E-state index in [0.717, 1.165) is 0 Å². The summed E-state index contributed by atoms with van der Waals surface area (Å²) in [6, 6.07) is 4.19. The highest BCUT2D eigenvalue weighted by molar-refractivity contribution is 5.52. The number of hydrogen-bond donors (Lipinski definition) is 1. The number of ether oxygens (including phenoxy) is 1. The summed E-state index contributed by atoms with van der Waals surface area (Å²) in [5.74, 6) is 0.435. The zero-order valence-corrected chi connectivity index (χ0v) is 10.0. The molecule has 2 heterocycles. The van der Waals surface area contributed by atoms with Gasteiger partial charge >= 0.3 is 5.69 Å². The first kappa shape index (κ1) is 13.2. The molecule has 1 atom stereocenters. The molecule has 19 heavy (non-hydrogen) atoms. The first-order chi connectivity index (χ1) is 9.17. The van der Waals surface area contributed by atoms with Crippen molar-refractivity contribution in [2.24, 2.45) is 0 Å². The van der Waals surface area contributed by atoms with Gasteiger partial charge in [0.05, 0.1) is 30.8 Å². The lowest BCUT2D eigenvalue weighted by atomic mass is 10.2. The molecular weight excluding hydrogens is 252 g/mol. The molecule has 2 rings (SSSR count). The Labute approximate surface area is 109 Å². The minimum Gasteiger partial charge on any atom is -0.394 e. The van der Waals surface area contributed by atoms with Crippen molar-refractivity contribution >= 4 is 11.5 Å². The summed E-state index contributed by atoms with van der Waals surface area (Å²) < 4.78 is 5.24. The average Bonchev–Trinajstić information content (AvgIpc) is 2.46. The Hall–Kier alpha value is -2.24. The van der Waals surface area contributed by atoms with Gasteiger partial charge in [-0.1, -0.05) is 0 Å². The number of aromatic nitrogens is 1. The molecule has 1 aliphatic rings. The number of morpholine rings is 1. The van der Waals surface area contributed by atoms with Gasteiger partial charge in [0.15, 0.2) is 0 Å². The van der Waals surface area contributed by atoms with Crippen molar-refractivity contribution in [2.45, 2.75) is 6.04 Å². The number of pyridine rings is 1. The Morgan fingerprint density at radius 1 is 1.68 bits per heavy atom. The summed E-state index contributed by atoms with van der Waals surface area (Å²) in [6.45, 7) is 1.25. The molecule has 0 radical (unpaired) electrons. The monoisotopic (exact) mass is 264 g/mol. The Morgan fingerprint density at radius 3 is 3.11 bits per heavy atom. The van der Waals surface area contributed by atoms with Gasteiger partial charge in [0.1, 0.15) is 11.9 Å². The maximum atomic E-state index is 10.7. The summed E-state index contributed by atoms with van der Waals surface area (Å²) in [7, 11) is 0. The van der Waals surface area contributed by atoms with E-state index in [-0.39, 0.29) is 24.0 Å². The highest BCUT2D eigenvalue weighted by Gasteiger charge is 2.25. The van der Waals surface area contributed by atoms with Gasteiger partial charge in [0.2, 0.25) is 5.69 Å². The van der Waals surface area contributed by atoms with Crippen LogP contribution in [0.2, 0.25) is 0 Å². The van der Waals surface area contributed by atoms with Gasteiger partial charge in [-0.2, -0.15) is 5.26 Å². The molecule has 1 N–H and O–H groups in total. The van der Waals surface area contributed by atoms with Crippen molar-refractivity contribution in [3.05, 3.63) is 27.9 Å². The van der Waals surface area contributed by atoms with Crippen molar-refractivity contribution in [1.29, 1.82) is 5.26 Å². The number of nitro groups is 1. The van der Waals surface area contributed by atoms with Crippen molar-refractivity contribution in [2.75, 3.05) is 31.3 Å². The normalized spacial score (nSPS) is 18.9. The molecule has 1 aromatic heterocycles. The van der Waals surface area contributed by atoms with Gasteiger partial charge in [-0.3, -0.25) is 10.1 Å². The number of aliphatic hydroxyl groups is 1. The topological polar surface area (TPSA) is 113 Å². The van der Waals surface area contributed by atoms with Crippen LogP contribution in [0.15, 0.2) is 12.1 Å². The Bertz CT molecular complexity index is 528. The Balaban J connectivity index is 2.35. The highest BCUT2D eigenvalue weighted by atomic mass is 16.6. The minimum atomic E-state index is -0.641. The molecule has 0 aliphatic carbocycles. The third-order valence-electron chi connectivity index (χ3n) is 2.89. The van der Waals surface area contributed by atoms with Crippen LogP contribution in [-0.4, -0.2) is 47.4 Å². The molecule has 8 nitrogen and oxygen atoms in total. The maximum absolute atomic E-state index is 10.7. The van der Waals surface area contributed by atoms with Crippen LogP contribution in [0.5, 0.6) is 0 Å². The summed E-state index contributed by atoms with van der Waals surface area (Å²) in [6.07, 6.45) is 0. The van der Waals surface area contributed by atoms with Gasteiger partial charge in [0.25, 0.3) is 0 Å². The molecule has 0 bridgehead atoms. The fourth-order valence-corrected chi connectivity index (χ4v) is 1.94.